The molecule has 17 heavy (non-hydrogen) atoms. The van der Waals surface area contributed by atoms with Crippen LogP contribution < -0.4 is 5.32 Å². The van der Waals surface area contributed by atoms with Crippen molar-refractivity contribution < 1.29 is 0 Å². The van der Waals surface area contributed by atoms with Gasteiger partial charge in [0.15, 0.2) is 5.82 Å². The molecule has 6 heteroatoms. The maximum atomic E-state index is 4.68. The molecule has 0 bridgehead atoms. The Bertz CT molecular complexity index is 525. The number of nitrogens with zero attached hydrogens (tertiary/aromatic N) is 4. The van der Waals surface area contributed by atoms with Crippen molar-refractivity contribution in [2.24, 2.45) is 5.92 Å². The minimum absolute atomic E-state index is 0.362. The first-order valence-electron chi connectivity index (χ1n) is 6.09. The fourth-order valence-electron chi connectivity index (χ4n) is 2.06. The molecule has 1 aliphatic rings. The molecule has 3 rings (SSSR count). The van der Waals surface area contributed by atoms with Crippen molar-refractivity contribution in [3.05, 3.63) is 10.8 Å². The van der Waals surface area contributed by atoms with Crippen molar-refractivity contribution in [3.63, 3.8) is 0 Å². The zero-order valence-electron chi connectivity index (χ0n) is 10.3. The van der Waals surface area contributed by atoms with Gasteiger partial charge < -0.3 is 5.32 Å². The predicted octanol–water partition coefficient (Wildman–Crippen LogP) is 1.63. The number of aromatic nitrogens is 4. The Balaban J connectivity index is 1.95. The molecule has 1 N–H and O–H groups in total. The fraction of sp³-hybridized carbons (Fsp3) is 0.727. The lowest BCUT2D eigenvalue weighted by atomic mass is 9.90. The van der Waals surface area contributed by atoms with E-state index in [0.717, 1.165) is 29.8 Å². The highest BCUT2D eigenvalue weighted by Gasteiger charge is 2.28. The summed E-state index contributed by atoms with van der Waals surface area (Å²) in [6.07, 6.45) is 0. The summed E-state index contributed by atoms with van der Waals surface area (Å²) in [6, 6.07) is 0. The van der Waals surface area contributed by atoms with Crippen molar-refractivity contribution in [2.75, 3.05) is 13.1 Å². The van der Waals surface area contributed by atoms with Crippen molar-refractivity contribution in [2.45, 2.75) is 32.6 Å². The summed E-state index contributed by atoms with van der Waals surface area (Å²) in [4.78, 5) is 0.919. The molecular weight excluding hydrogens is 234 g/mol. The van der Waals surface area contributed by atoms with Crippen LogP contribution in [0.5, 0.6) is 0 Å². The zero-order chi connectivity index (χ0) is 12.0. The van der Waals surface area contributed by atoms with Gasteiger partial charge in [0.2, 0.25) is 4.96 Å². The van der Waals surface area contributed by atoms with E-state index in [-0.39, 0.29) is 0 Å². The van der Waals surface area contributed by atoms with Gasteiger partial charge in [-0.05, 0) is 19.0 Å². The SMILES string of the molecule is CC(C)c1nnc2sc(C(C)C3CNC3)nn12. The Kier molecular flexibility index (Phi) is 2.63. The quantitative estimate of drug-likeness (QED) is 0.901. The van der Waals surface area contributed by atoms with Crippen molar-refractivity contribution in [1.29, 1.82) is 0 Å². The van der Waals surface area contributed by atoms with Crippen LogP contribution in [0.3, 0.4) is 0 Å². The van der Waals surface area contributed by atoms with Crippen LogP contribution in [0.2, 0.25) is 0 Å². The molecule has 92 valence electrons. The van der Waals surface area contributed by atoms with Gasteiger partial charge in [0.1, 0.15) is 5.01 Å². The Morgan fingerprint density at radius 1 is 1.29 bits per heavy atom. The molecule has 0 radical (unpaired) electrons. The smallest absolute Gasteiger partial charge is 0.234 e. The average molecular weight is 251 g/mol. The number of hydrogen-bond acceptors (Lipinski definition) is 5. The first-order valence-corrected chi connectivity index (χ1v) is 6.91. The first-order chi connectivity index (χ1) is 8.16. The maximum absolute atomic E-state index is 4.68. The summed E-state index contributed by atoms with van der Waals surface area (Å²) >= 11 is 1.67. The van der Waals surface area contributed by atoms with Gasteiger partial charge >= 0.3 is 0 Å². The highest BCUT2D eigenvalue weighted by molar-refractivity contribution is 7.16. The summed E-state index contributed by atoms with van der Waals surface area (Å²) in [6.45, 7) is 8.71. The van der Waals surface area contributed by atoms with Crippen LogP contribution in [0.25, 0.3) is 4.96 Å². The van der Waals surface area contributed by atoms with Crippen LogP contribution in [0.1, 0.15) is 43.4 Å². The summed E-state index contributed by atoms with van der Waals surface area (Å²) in [5, 5.41) is 17.6. The third kappa shape index (κ3) is 1.75. The number of nitrogens with one attached hydrogen (secondary N) is 1. The Labute approximate surface area is 104 Å². The third-order valence-electron chi connectivity index (χ3n) is 3.46. The molecule has 2 aromatic heterocycles. The van der Waals surface area contributed by atoms with Gasteiger partial charge in [-0.3, -0.25) is 0 Å². The molecule has 0 aromatic carbocycles. The number of rotatable bonds is 3. The van der Waals surface area contributed by atoms with Crippen LogP contribution in [0.4, 0.5) is 0 Å². The highest BCUT2D eigenvalue weighted by Crippen LogP contribution is 2.30. The largest absolute Gasteiger partial charge is 0.316 e. The molecule has 0 spiro atoms. The average Bonchev–Trinajstić information content (AvgIpc) is 2.71. The fourth-order valence-corrected chi connectivity index (χ4v) is 3.05. The van der Waals surface area contributed by atoms with Crippen molar-refractivity contribution >= 4 is 16.3 Å². The minimum atomic E-state index is 0.362. The Morgan fingerprint density at radius 3 is 2.65 bits per heavy atom. The molecule has 5 nitrogen and oxygen atoms in total. The van der Waals surface area contributed by atoms with Gasteiger partial charge in [-0.15, -0.1) is 10.2 Å². The number of fused-ring (bicyclic) bond motifs is 1. The third-order valence-corrected chi connectivity index (χ3v) is 4.56. The van der Waals surface area contributed by atoms with E-state index in [0.29, 0.717) is 11.8 Å². The second kappa shape index (κ2) is 4.03. The second-order valence-corrected chi connectivity index (χ2v) is 6.04. The van der Waals surface area contributed by atoms with Gasteiger partial charge in [0.25, 0.3) is 0 Å². The number of hydrogen-bond donors (Lipinski definition) is 1. The summed E-state index contributed by atoms with van der Waals surface area (Å²) in [5.41, 5.74) is 0. The van der Waals surface area contributed by atoms with E-state index in [1.807, 2.05) is 4.52 Å². The molecular formula is C11H17N5S. The van der Waals surface area contributed by atoms with E-state index < -0.39 is 0 Å². The van der Waals surface area contributed by atoms with E-state index in [1.165, 1.54) is 5.01 Å². The van der Waals surface area contributed by atoms with Gasteiger partial charge in [0, 0.05) is 11.8 Å². The lowest BCUT2D eigenvalue weighted by Gasteiger charge is -2.31. The van der Waals surface area contributed by atoms with Gasteiger partial charge in [-0.25, -0.2) is 0 Å². The standard InChI is InChI=1S/C11H17N5S/c1-6(2)9-13-14-11-16(9)15-10(17-11)7(3)8-4-12-5-8/h6-8,12H,4-5H2,1-3H3. The summed E-state index contributed by atoms with van der Waals surface area (Å²) in [7, 11) is 0. The molecule has 1 saturated heterocycles. The van der Waals surface area contributed by atoms with Crippen molar-refractivity contribution in [3.8, 4) is 0 Å². The Hall–Kier alpha value is -1.01. The Morgan fingerprint density at radius 2 is 2.06 bits per heavy atom. The summed E-state index contributed by atoms with van der Waals surface area (Å²) < 4.78 is 1.91. The molecule has 0 amide bonds. The minimum Gasteiger partial charge on any atom is -0.316 e. The topological polar surface area (TPSA) is 55.1 Å². The molecule has 1 atom stereocenters. The molecule has 0 aliphatic carbocycles. The van der Waals surface area contributed by atoms with Gasteiger partial charge in [-0.1, -0.05) is 32.1 Å². The van der Waals surface area contributed by atoms with Crippen LogP contribution in [0.15, 0.2) is 0 Å². The predicted molar refractivity (Wildman–Crippen MR) is 67.5 cm³/mol. The van der Waals surface area contributed by atoms with E-state index in [1.54, 1.807) is 11.3 Å². The normalized spacial score (nSPS) is 18.8. The van der Waals surface area contributed by atoms with Crippen LogP contribution in [0, 0.1) is 5.92 Å². The lowest BCUT2D eigenvalue weighted by molar-refractivity contribution is 0.301. The van der Waals surface area contributed by atoms with Crippen LogP contribution in [-0.4, -0.2) is 32.9 Å². The van der Waals surface area contributed by atoms with Gasteiger partial charge in [0.05, 0.1) is 0 Å². The zero-order valence-corrected chi connectivity index (χ0v) is 11.2. The molecule has 1 fully saturated rings. The monoisotopic (exact) mass is 251 g/mol. The highest BCUT2D eigenvalue weighted by atomic mass is 32.1. The van der Waals surface area contributed by atoms with Crippen LogP contribution >= 0.6 is 11.3 Å². The van der Waals surface area contributed by atoms with E-state index in [2.05, 4.69) is 41.4 Å². The molecule has 1 aliphatic heterocycles. The molecule has 2 aromatic rings. The lowest BCUT2D eigenvalue weighted by Crippen LogP contribution is -2.44. The maximum Gasteiger partial charge on any atom is 0.234 e. The molecule has 3 heterocycles. The van der Waals surface area contributed by atoms with Gasteiger partial charge in [-0.2, -0.15) is 9.61 Å². The van der Waals surface area contributed by atoms with Crippen molar-refractivity contribution in [1.82, 2.24) is 25.1 Å². The van der Waals surface area contributed by atoms with E-state index in [9.17, 15) is 0 Å². The van der Waals surface area contributed by atoms with E-state index >= 15 is 0 Å². The van der Waals surface area contributed by atoms with Crippen LogP contribution in [-0.2, 0) is 0 Å². The first kappa shape index (κ1) is 11.1. The van der Waals surface area contributed by atoms with E-state index in [4.69, 9.17) is 0 Å². The molecule has 0 saturated carbocycles. The molecule has 1 unspecified atom stereocenters. The second-order valence-electron chi connectivity index (χ2n) is 5.05. The summed E-state index contributed by atoms with van der Waals surface area (Å²) in [5.74, 6) is 2.56.